The molecule has 0 spiro atoms. The van der Waals surface area contributed by atoms with Crippen LogP contribution in [0, 0.1) is 5.82 Å². The van der Waals surface area contributed by atoms with Gasteiger partial charge in [-0.2, -0.15) is 0 Å². The normalized spacial score (nSPS) is 25.4. The number of rotatable bonds is 2. The molecule has 5 heteroatoms. The van der Waals surface area contributed by atoms with Crippen molar-refractivity contribution < 1.29 is 4.39 Å². The third-order valence-corrected chi connectivity index (χ3v) is 3.54. The molecule has 1 aliphatic heterocycles. The van der Waals surface area contributed by atoms with Gasteiger partial charge < -0.3 is 10.6 Å². The molecule has 1 aromatic rings. The summed E-state index contributed by atoms with van der Waals surface area (Å²) >= 11 is 0. The van der Waals surface area contributed by atoms with Gasteiger partial charge in [0.2, 0.25) is 0 Å². The van der Waals surface area contributed by atoms with E-state index in [0.29, 0.717) is 12.0 Å². The Kier molecular flexibility index (Phi) is 4.80. The van der Waals surface area contributed by atoms with Crippen LogP contribution in [0.25, 0.3) is 0 Å². The fourth-order valence-corrected chi connectivity index (χ4v) is 2.42. The molecule has 1 fully saturated rings. The zero-order valence-electron chi connectivity index (χ0n) is 10.7. The van der Waals surface area contributed by atoms with Crippen LogP contribution in [0.3, 0.4) is 0 Å². The first kappa shape index (κ1) is 14.3. The van der Waals surface area contributed by atoms with Gasteiger partial charge in [0, 0.05) is 25.0 Å². The Balaban J connectivity index is 0.00000133. The highest BCUT2D eigenvalue weighted by Gasteiger charge is 2.39. The van der Waals surface area contributed by atoms with Crippen LogP contribution in [0.2, 0.25) is 0 Å². The van der Waals surface area contributed by atoms with Crippen molar-refractivity contribution >= 4 is 22.9 Å². The van der Waals surface area contributed by atoms with Crippen molar-refractivity contribution in [1.82, 2.24) is 10.6 Å². The molecule has 3 nitrogen and oxygen atoms in total. The zero-order valence-corrected chi connectivity index (χ0v) is 12.4. The fourth-order valence-electron chi connectivity index (χ4n) is 2.42. The molecule has 0 radical (unpaired) electrons. The van der Waals surface area contributed by atoms with Gasteiger partial charge in [-0.05, 0) is 37.0 Å². The minimum atomic E-state index is -0.150. The molecule has 0 bridgehead atoms. The van der Waals surface area contributed by atoms with Crippen molar-refractivity contribution in [2.45, 2.75) is 31.2 Å². The van der Waals surface area contributed by atoms with E-state index < -0.39 is 0 Å². The number of hydrogen-bond acceptors (Lipinski definition) is 3. The summed E-state index contributed by atoms with van der Waals surface area (Å²) in [6, 6.07) is 7.30. The molecule has 1 aromatic carbocycles. The maximum Gasteiger partial charge on any atom is 0.191 e. The molecule has 0 amide bonds. The summed E-state index contributed by atoms with van der Waals surface area (Å²) in [5.74, 6) is 1.19. The zero-order chi connectivity index (χ0) is 12.4. The van der Waals surface area contributed by atoms with Gasteiger partial charge in [-0.1, -0.05) is 12.1 Å². The monoisotopic (exact) mass is 327 g/mol. The van der Waals surface area contributed by atoms with Crippen LogP contribution in [-0.4, -0.2) is 25.1 Å². The predicted octanol–water partition coefficient (Wildman–Crippen LogP) is 2.59. The van der Waals surface area contributed by atoms with Gasteiger partial charge in [-0.15, -0.1) is 17.0 Å². The lowest BCUT2D eigenvalue weighted by Crippen LogP contribution is -2.38. The molecule has 1 heterocycles. The van der Waals surface area contributed by atoms with Crippen molar-refractivity contribution in [2.24, 2.45) is 4.99 Å². The number of halogens is 2. The summed E-state index contributed by atoms with van der Waals surface area (Å²) in [5, 5.41) is 6.72. The van der Waals surface area contributed by atoms with Crippen LogP contribution in [0.5, 0.6) is 0 Å². The second-order valence-corrected chi connectivity index (χ2v) is 5.01. The van der Waals surface area contributed by atoms with Gasteiger partial charge in [-0.3, -0.25) is 4.99 Å². The van der Waals surface area contributed by atoms with Gasteiger partial charge in [-0.25, -0.2) is 4.39 Å². The minimum absolute atomic E-state index is 0. The maximum absolute atomic E-state index is 13.1. The van der Waals surface area contributed by atoms with Gasteiger partial charge in [0.25, 0.3) is 0 Å². The largest absolute Gasteiger partial charge is 0.356 e. The van der Waals surface area contributed by atoms with E-state index in [1.54, 1.807) is 12.1 Å². The average Bonchev–Trinajstić information content (AvgIpc) is 3.14. The van der Waals surface area contributed by atoms with E-state index >= 15 is 0 Å². The van der Waals surface area contributed by atoms with Gasteiger partial charge in [0.1, 0.15) is 5.82 Å². The summed E-state index contributed by atoms with van der Waals surface area (Å²) in [5.41, 5.74) is 1.08. The lowest BCUT2D eigenvalue weighted by molar-refractivity contribution is 0.625. The standard InChI is InChI=1S/C14H18FN3.BrH/c15-11-5-3-4-10(8-11)12-9-13(12)18-14-16-6-1-2-7-17-14;/h3-5,8,12-13H,1-2,6-7,9H2,(H2,16,17,18);1H/t12-,13+;/m0./s1. The van der Waals surface area contributed by atoms with E-state index in [0.717, 1.165) is 37.5 Å². The quantitative estimate of drug-likeness (QED) is 0.876. The van der Waals surface area contributed by atoms with Crippen molar-refractivity contribution in [3.63, 3.8) is 0 Å². The Bertz CT molecular complexity index is 464. The number of nitrogens with one attached hydrogen (secondary N) is 2. The SMILES string of the molecule is Br.Fc1cccc([C@@H]2C[C@H]2NC2=NCCCCN2)c1. The summed E-state index contributed by atoms with van der Waals surface area (Å²) in [6.07, 6.45) is 3.38. The van der Waals surface area contributed by atoms with Gasteiger partial charge >= 0.3 is 0 Å². The highest BCUT2D eigenvalue weighted by atomic mass is 79.9. The topological polar surface area (TPSA) is 36.4 Å². The summed E-state index contributed by atoms with van der Waals surface area (Å²) in [7, 11) is 0. The molecule has 19 heavy (non-hydrogen) atoms. The molecule has 1 aliphatic carbocycles. The molecule has 0 aromatic heterocycles. The number of hydrogen-bond donors (Lipinski definition) is 2. The molecule has 2 N–H and O–H groups in total. The Morgan fingerprint density at radius 1 is 1.32 bits per heavy atom. The number of benzene rings is 1. The summed E-state index contributed by atoms with van der Waals surface area (Å²) in [4.78, 5) is 4.47. The Hall–Kier alpha value is -1.10. The van der Waals surface area contributed by atoms with Crippen molar-refractivity contribution in [1.29, 1.82) is 0 Å². The van der Waals surface area contributed by atoms with Crippen LogP contribution in [0.1, 0.15) is 30.7 Å². The van der Waals surface area contributed by atoms with E-state index in [9.17, 15) is 4.39 Å². The van der Waals surface area contributed by atoms with Crippen LogP contribution in [0.15, 0.2) is 29.3 Å². The first-order valence-electron chi connectivity index (χ1n) is 6.63. The second kappa shape index (κ2) is 6.37. The predicted molar refractivity (Wildman–Crippen MR) is 80.5 cm³/mol. The van der Waals surface area contributed by atoms with Crippen LogP contribution in [-0.2, 0) is 0 Å². The van der Waals surface area contributed by atoms with Crippen LogP contribution < -0.4 is 10.6 Å². The van der Waals surface area contributed by atoms with Crippen LogP contribution in [0.4, 0.5) is 4.39 Å². The molecule has 0 unspecified atom stereocenters. The van der Waals surface area contributed by atoms with E-state index in [4.69, 9.17) is 0 Å². The van der Waals surface area contributed by atoms with Crippen molar-refractivity contribution in [3.05, 3.63) is 35.6 Å². The Morgan fingerprint density at radius 3 is 3.05 bits per heavy atom. The average molecular weight is 328 g/mol. The molecule has 2 aliphatic rings. The first-order chi connectivity index (χ1) is 8.83. The molecular weight excluding hydrogens is 309 g/mol. The second-order valence-electron chi connectivity index (χ2n) is 5.01. The van der Waals surface area contributed by atoms with Crippen molar-refractivity contribution in [3.8, 4) is 0 Å². The minimum Gasteiger partial charge on any atom is -0.356 e. The molecule has 1 saturated carbocycles. The van der Waals surface area contributed by atoms with Gasteiger partial charge in [0.15, 0.2) is 5.96 Å². The van der Waals surface area contributed by atoms with Crippen molar-refractivity contribution in [2.75, 3.05) is 13.1 Å². The fraction of sp³-hybridized carbons (Fsp3) is 0.500. The summed E-state index contributed by atoms with van der Waals surface area (Å²) < 4.78 is 13.1. The van der Waals surface area contributed by atoms with E-state index in [1.165, 1.54) is 12.5 Å². The smallest absolute Gasteiger partial charge is 0.191 e. The third kappa shape index (κ3) is 3.69. The Labute approximate surface area is 123 Å². The highest BCUT2D eigenvalue weighted by Crippen LogP contribution is 2.40. The number of aliphatic imine (C=N–C) groups is 1. The number of guanidine groups is 1. The first-order valence-corrected chi connectivity index (χ1v) is 6.63. The van der Waals surface area contributed by atoms with Gasteiger partial charge in [0.05, 0.1) is 0 Å². The molecule has 2 atom stereocenters. The van der Waals surface area contributed by atoms with E-state index in [-0.39, 0.29) is 22.8 Å². The van der Waals surface area contributed by atoms with Crippen LogP contribution >= 0.6 is 17.0 Å². The molecule has 0 saturated heterocycles. The molecule has 104 valence electrons. The highest BCUT2D eigenvalue weighted by molar-refractivity contribution is 8.93. The lowest BCUT2D eigenvalue weighted by atomic mass is 10.1. The number of nitrogens with zero attached hydrogens (tertiary/aromatic N) is 1. The van der Waals surface area contributed by atoms with E-state index in [2.05, 4.69) is 15.6 Å². The molecule has 3 rings (SSSR count). The Morgan fingerprint density at radius 2 is 2.21 bits per heavy atom. The molecular formula is C14H19BrFN3. The lowest BCUT2D eigenvalue weighted by Gasteiger charge is -2.09. The maximum atomic E-state index is 13.1. The van der Waals surface area contributed by atoms with E-state index in [1.807, 2.05) is 6.07 Å². The summed E-state index contributed by atoms with van der Waals surface area (Å²) in [6.45, 7) is 1.88. The third-order valence-electron chi connectivity index (χ3n) is 3.54.